The Hall–Kier alpha value is -0.690. The molecule has 0 spiro atoms. The van der Waals surface area contributed by atoms with Crippen molar-refractivity contribution in [1.82, 2.24) is 9.97 Å². The van der Waals surface area contributed by atoms with Gasteiger partial charge in [-0.1, -0.05) is 0 Å². The van der Waals surface area contributed by atoms with Crippen molar-refractivity contribution in [3.8, 4) is 0 Å². The number of fused-ring (bicyclic) bond motifs is 1. The lowest BCUT2D eigenvalue weighted by Gasteiger charge is -2.22. The Kier molecular flexibility index (Phi) is 4.88. The molecule has 0 bridgehead atoms. The molecule has 1 saturated heterocycles. The van der Waals surface area contributed by atoms with Crippen LogP contribution >= 0.6 is 23.1 Å². The number of aryl methyl sites for hydroxylation is 1. The molecule has 0 N–H and O–H groups in total. The molecule has 108 valence electrons. The van der Waals surface area contributed by atoms with E-state index in [1.807, 2.05) is 0 Å². The Labute approximate surface area is 126 Å². The molecule has 0 radical (unpaired) electrons. The summed E-state index contributed by atoms with van der Waals surface area (Å²) < 4.78 is 11.3. The smallest absolute Gasteiger partial charge is 0.157 e. The molecule has 4 nitrogen and oxygen atoms in total. The van der Waals surface area contributed by atoms with E-state index >= 15 is 0 Å². The lowest BCUT2D eigenvalue weighted by atomic mass is 10.2. The maximum absolute atomic E-state index is 5.74. The number of ether oxygens (including phenoxy) is 2. The zero-order valence-corrected chi connectivity index (χ0v) is 13.1. The van der Waals surface area contributed by atoms with Gasteiger partial charge in [-0.05, 0) is 32.3 Å². The maximum atomic E-state index is 5.74. The number of thioether (sulfide) groups is 1. The van der Waals surface area contributed by atoms with Crippen molar-refractivity contribution in [1.29, 1.82) is 0 Å². The first kappa shape index (κ1) is 14.3. The van der Waals surface area contributed by atoms with E-state index < -0.39 is 0 Å². The molecule has 1 atom stereocenters. The van der Waals surface area contributed by atoms with Crippen LogP contribution in [0.2, 0.25) is 0 Å². The molecule has 1 fully saturated rings. The van der Waals surface area contributed by atoms with Gasteiger partial charge < -0.3 is 9.47 Å². The summed E-state index contributed by atoms with van der Waals surface area (Å²) in [5, 5.41) is 2.21. The van der Waals surface area contributed by atoms with Crippen LogP contribution in [0.1, 0.15) is 24.1 Å². The van der Waals surface area contributed by atoms with E-state index in [1.54, 1.807) is 29.4 Å². The minimum absolute atomic E-state index is 0.00170. The van der Waals surface area contributed by atoms with Crippen LogP contribution in [-0.2, 0) is 9.47 Å². The van der Waals surface area contributed by atoms with Crippen molar-refractivity contribution >= 4 is 33.3 Å². The van der Waals surface area contributed by atoms with Crippen molar-refractivity contribution in [3.63, 3.8) is 0 Å². The first-order valence-electron chi connectivity index (χ1n) is 6.90. The molecule has 0 saturated carbocycles. The van der Waals surface area contributed by atoms with Crippen molar-refractivity contribution in [2.45, 2.75) is 37.5 Å². The monoisotopic (exact) mass is 310 g/mol. The van der Waals surface area contributed by atoms with E-state index in [2.05, 4.69) is 23.0 Å². The summed E-state index contributed by atoms with van der Waals surface area (Å²) in [6.07, 6.45) is 5.03. The predicted octanol–water partition coefficient (Wildman–Crippen LogP) is 3.64. The Morgan fingerprint density at radius 3 is 3.25 bits per heavy atom. The SMILES string of the molecule is Cc1cc2c(SCCOC3CCCCO3)ncnc2s1. The van der Waals surface area contributed by atoms with Crippen molar-refractivity contribution in [2.24, 2.45) is 0 Å². The second-order valence-corrected chi connectivity index (χ2v) is 7.09. The third-order valence-corrected chi connectivity index (χ3v) is 5.11. The van der Waals surface area contributed by atoms with Gasteiger partial charge in [0, 0.05) is 22.6 Å². The quantitative estimate of drug-likeness (QED) is 0.479. The van der Waals surface area contributed by atoms with Crippen LogP contribution in [0.5, 0.6) is 0 Å². The molecule has 1 aliphatic heterocycles. The molecule has 6 heteroatoms. The van der Waals surface area contributed by atoms with Crippen LogP contribution in [-0.4, -0.2) is 35.2 Å². The van der Waals surface area contributed by atoms with Gasteiger partial charge in [0.15, 0.2) is 6.29 Å². The fourth-order valence-electron chi connectivity index (χ4n) is 2.23. The van der Waals surface area contributed by atoms with Crippen LogP contribution < -0.4 is 0 Å². The highest BCUT2D eigenvalue weighted by Crippen LogP contribution is 2.30. The number of thiophene rings is 1. The summed E-state index contributed by atoms with van der Waals surface area (Å²) in [5.74, 6) is 0.890. The molecule has 3 rings (SSSR count). The van der Waals surface area contributed by atoms with E-state index in [9.17, 15) is 0 Å². The second kappa shape index (κ2) is 6.85. The lowest BCUT2D eigenvalue weighted by molar-refractivity contribution is -0.158. The number of hydrogen-bond donors (Lipinski definition) is 0. The summed E-state index contributed by atoms with van der Waals surface area (Å²) in [6.45, 7) is 3.63. The van der Waals surface area contributed by atoms with E-state index in [1.165, 1.54) is 11.3 Å². The number of aromatic nitrogens is 2. The van der Waals surface area contributed by atoms with Gasteiger partial charge in [0.05, 0.1) is 6.61 Å². The minimum Gasteiger partial charge on any atom is -0.353 e. The summed E-state index contributed by atoms with van der Waals surface area (Å²) in [6, 6.07) is 2.16. The maximum Gasteiger partial charge on any atom is 0.157 e. The van der Waals surface area contributed by atoms with Gasteiger partial charge in [0.2, 0.25) is 0 Å². The molecular weight excluding hydrogens is 292 g/mol. The van der Waals surface area contributed by atoms with Crippen molar-refractivity contribution in [2.75, 3.05) is 19.0 Å². The van der Waals surface area contributed by atoms with Crippen LogP contribution in [0.25, 0.3) is 10.2 Å². The molecule has 1 unspecified atom stereocenters. The fourth-order valence-corrected chi connectivity index (χ4v) is 3.95. The van der Waals surface area contributed by atoms with Crippen LogP contribution in [0, 0.1) is 6.92 Å². The zero-order valence-electron chi connectivity index (χ0n) is 11.5. The second-order valence-electron chi connectivity index (χ2n) is 4.77. The molecule has 0 amide bonds. The first-order valence-corrected chi connectivity index (χ1v) is 8.70. The van der Waals surface area contributed by atoms with Crippen LogP contribution in [0.15, 0.2) is 17.4 Å². The standard InChI is InChI=1S/C14H18N2O2S2/c1-10-8-11-13(15-9-16-14(11)20-10)19-7-6-18-12-4-2-3-5-17-12/h8-9,12H,2-7H2,1H3. The molecule has 2 aromatic heterocycles. The Bertz CT molecular complexity index is 567. The minimum atomic E-state index is -0.00170. The van der Waals surface area contributed by atoms with Gasteiger partial charge in [-0.15, -0.1) is 23.1 Å². The van der Waals surface area contributed by atoms with Gasteiger partial charge in [-0.25, -0.2) is 9.97 Å². The van der Waals surface area contributed by atoms with Crippen molar-refractivity contribution < 1.29 is 9.47 Å². The summed E-state index contributed by atoms with van der Waals surface area (Å²) >= 11 is 3.44. The topological polar surface area (TPSA) is 44.2 Å². The largest absolute Gasteiger partial charge is 0.353 e. The third-order valence-electron chi connectivity index (χ3n) is 3.18. The zero-order chi connectivity index (χ0) is 13.8. The Balaban J connectivity index is 1.52. The number of hydrogen-bond acceptors (Lipinski definition) is 6. The predicted molar refractivity (Wildman–Crippen MR) is 82.4 cm³/mol. The molecule has 1 aliphatic rings. The van der Waals surface area contributed by atoms with E-state index in [-0.39, 0.29) is 6.29 Å². The normalized spacial score (nSPS) is 19.6. The van der Waals surface area contributed by atoms with Gasteiger partial charge in [0.1, 0.15) is 16.2 Å². The average Bonchev–Trinajstić information content (AvgIpc) is 2.86. The Morgan fingerprint density at radius 2 is 2.40 bits per heavy atom. The summed E-state index contributed by atoms with van der Waals surface area (Å²) in [5.41, 5.74) is 0. The summed E-state index contributed by atoms with van der Waals surface area (Å²) in [7, 11) is 0. The lowest BCUT2D eigenvalue weighted by Crippen LogP contribution is -2.23. The average molecular weight is 310 g/mol. The van der Waals surface area contributed by atoms with Gasteiger partial charge in [0.25, 0.3) is 0 Å². The Morgan fingerprint density at radius 1 is 1.45 bits per heavy atom. The first-order chi connectivity index (χ1) is 9.83. The molecule has 2 aromatic rings. The van der Waals surface area contributed by atoms with E-state index in [0.29, 0.717) is 6.61 Å². The fraction of sp³-hybridized carbons (Fsp3) is 0.571. The molecule has 0 aromatic carbocycles. The molecule has 3 heterocycles. The molecule has 0 aliphatic carbocycles. The number of nitrogens with zero attached hydrogens (tertiary/aromatic N) is 2. The highest BCUT2D eigenvalue weighted by atomic mass is 32.2. The van der Waals surface area contributed by atoms with Crippen LogP contribution in [0.3, 0.4) is 0 Å². The van der Waals surface area contributed by atoms with Crippen LogP contribution in [0.4, 0.5) is 0 Å². The van der Waals surface area contributed by atoms with Gasteiger partial charge in [-0.2, -0.15) is 0 Å². The van der Waals surface area contributed by atoms with Gasteiger partial charge in [-0.3, -0.25) is 0 Å². The highest BCUT2D eigenvalue weighted by molar-refractivity contribution is 7.99. The highest BCUT2D eigenvalue weighted by Gasteiger charge is 2.14. The summed E-state index contributed by atoms with van der Waals surface area (Å²) in [4.78, 5) is 11.0. The number of rotatable bonds is 5. The van der Waals surface area contributed by atoms with Gasteiger partial charge >= 0.3 is 0 Å². The van der Waals surface area contributed by atoms with Crippen molar-refractivity contribution in [3.05, 3.63) is 17.3 Å². The molecule has 20 heavy (non-hydrogen) atoms. The third kappa shape index (κ3) is 3.49. The van der Waals surface area contributed by atoms with E-state index in [0.717, 1.165) is 40.4 Å². The van der Waals surface area contributed by atoms with E-state index in [4.69, 9.17) is 9.47 Å². The molecular formula is C14H18N2O2S2.